The highest BCUT2D eigenvalue weighted by atomic mass is 15.0. The highest BCUT2D eigenvalue weighted by Crippen LogP contribution is 2.21. The number of nitrogens with two attached hydrogens (primary N) is 1. The molecule has 0 bridgehead atoms. The van der Waals surface area contributed by atoms with Gasteiger partial charge in [0.1, 0.15) is 0 Å². The molecule has 2 rings (SSSR count). The van der Waals surface area contributed by atoms with Crippen LogP contribution in [0.5, 0.6) is 0 Å². The second kappa shape index (κ2) is 4.11. The molecule has 1 aromatic rings. The fourth-order valence-corrected chi connectivity index (χ4v) is 1.99. The summed E-state index contributed by atoms with van der Waals surface area (Å²) in [6.07, 6.45) is 2.24. The molecule has 3 N–H and O–H groups in total. The average Bonchev–Trinajstić information content (AvgIpc) is 2.17. The fraction of sp³-hybridized carbons (Fsp3) is 0.500. The van der Waals surface area contributed by atoms with Crippen LogP contribution >= 0.6 is 0 Å². The Morgan fingerprint density at radius 2 is 1.93 bits per heavy atom. The van der Waals surface area contributed by atoms with Crippen LogP contribution in [0.2, 0.25) is 0 Å². The molecule has 2 heteroatoms. The Hall–Kier alpha value is -0.860. The first-order valence-corrected chi connectivity index (χ1v) is 5.32. The Balaban J connectivity index is 1.87. The first-order valence-electron chi connectivity index (χ1n) is 5.32. The SMILES string of the molecule is CC(NC1CC(N)C1)c1ccccc1. The molecule has 0 aliphatic heterocycles. The molecule has 0 aromatic heterocycles. The molecule has 0 spiro atoms. The molecule has 0 amide bonds. The van der Waals surface area contributed by atoms with Crippen LogP contribution in [0.25, 0.3) is 0 Å². The third-order valence-electron chi connectivity index (χ3n) is 2.96. The maximum Gasteiger partial charge on any atom is 0.0294 e. The third kappa shape index (κ3) is 2.14. The maximum atomic E-state index is 5.74. The van der Waals surface area contributed by atoms with E-state index < -0.39 is 0 Å². The van der Waals surface area contributed by atoms with Crippen molar-refractivity contribution in [3.8, 4) is 0 Å². The average molecular weight is 190 g/mol. The predicted molar refractivity (Wildman–Crippen MR) is 59.0 cm³/mol. The minimum absolute atomic E-state index is 0.426. The van der Waals surface area contributed by atoms with Gasteiger partial charge in [-0.2, -0.15) is 0 Å². The van der Waals surface area contributed by atoms with Crippen LogP contribution in [-0.2, 0) is 0 Å². The van der Waals surface area contributed by atoms with Crippen molar-refractivity contribution in [2.24, 2.45) is 5.73 Å². The van der Waals surface area contributed by atoms with Gasteiger partial charge < -0.3 is 11.1 Å². The molecule has 0 radical (unpaired) electrons. The first kappa shape index (κ1) is 9.69. The number of benzene rings is 1. The van der Waals surface area contributed by atoms with E-state index in [2.05, 4.69) is 42.6 Å². The lowest BCUT2D eigenvalue weighted by atomic mass is 9.87. The molecule has 1 aliphatic rings. The molecule has 1 fully saturated rings. The third-order valence-corrected chi connectivity index (χ3v) is 2.96. The summed E-state index contributed by atoms with van der Waals surface area (Å²) < 4.78 is 0. The molecule has 1 atom stereocenters. The summed E-state index contributed by atoms with van der Waals surface area (Å²) in [6, 6.07) is 12.0. The van der Waals surface area contributed by atoms with Crippen molar-refractivity contribution in [3.05, 3.63) is 35.9 Å². The smallest absolute Gasteiger partial charge is 0.0294 e. The summed E-state index contributed by atoms with van der Waals surface area (Å²) in [5, 5.41) is 3.58. The molecule has 2 nitrogen and oxygen atoms in total. The van der Waals surface area contributed by atoms with Gasteiger partial charge in [-0.1, -0.05) is 30.3 Å². The molecule has 1 aliphatic carbocycles. The van der Waals surface area contributed by atoms with Gasteiger partial charge in [-0.15, -0.1) is 0 Å². The van der Waals surface area contributed by atoms with E-state index in [0.29, 0.717) is 18.1 Å². The van der Waals surface area contributed by atoms with E-state index in [9.17, 15) is 0 Å². The Morgan fingerprint density at radius 3 is 2.50 bits per heavy atom. The lowest BCUT2D eigenvalue weighted by molar-refractivity contribution is 0.272. The molecule has 1 aromatic carbocycles. The summed E-state index contributed by atoms with van der Waals surface area (Å²) in [5.74, 6) is 0. The fourth-order valence-electron chi connectivity index (χ4n) is 1.99. The zero-order valence-corrected chi connectivity index (χ0v) is 8.61. The summed E-state index contributed by atoms with van der Waals surface area (Å²) in [4.78, 5) is 0. The van der Waals surface area contributed by atoms with Gasteiger partial charge in [0.15, 0.2) is 0 Å². The molecule has 0 heterocycles. The van der Waals surface area contributed by atoms with E-state index in [4.69, 9.17) is 5.73 Å². The second-order valence-corrected chi connectivity index (χ2v) is 4.23. The molecule has 14 heavy (non-hydrogen) atoms. The number of nitrogens with one attached hydrogen (secondary N) is 1. The number of hydrogen-bond donors (Lipinski definition) is 2. The van der Waals surface area contributed by atoms with E-state index in [1.807, 2.05) is 0 Å². The summed E-state index contributed by atoms with van der Waals surface area (Å²) in [6.45, 7) is 2.21. The van der Waals surface area contributed by atoms with Gasteiger partial charge in [-0.3, -0.25) is 0 Å². The van der Waals surface area contributed by atoms with Crippen molar-refractivity contribution in [3.63, 3.8) is 0 Å². The largest absolute Gasteiger partial charge is 0.328 e. The van der Waals surface area contributed by atoms with E-state index in [1.165, 1.54) is 5.56 Å². The van der Waals surface area contributed by atoms with Crippen LogP contribution in [0.4, 0.5) is 0 Å². The highest BCUT2D eigenvalue weighted by Gasteiger charge is 2.26. The van der Waals surface area contributed by atoms with Crippen LogP contribution in [0, 0.1) is 0 Å². The van der Waals surface area contributed by atoms with Crippen molar-refractivity contribution in [1.82, 2.24) is 5.32 Å². The van der Waals surface area contributed by atoms with E-state index >= 15 is 0 Å². The van der Waals surface area contributed by atoms with Crippen LogP contribution in [0.3, 0.4) is 0 Å². The van der Waals surface area contributed by atoms with Crippen molar-refractivity contribution in [2.75, 3.05) is 0 Å². The predicted octanol–water partition coefficient (Wildman–Crippen LogP) is 1.83. The van der Waals surface area contributed by atoms with E-state index in [1.54, 1.807) is 0 Å². The molecule has 0 saturated heterocycles. The van der Waals surface area contributed by atoms with Crippen LogP contribution in [0.15, 0.2) is 30.3 Å². The molecular formula is C12H18N2. The minimum Gasteiger partial charge on any atom is -0.328 e. The van der Waals surface area contributed by atoms with Crippen LogP contribution < -0.4 is 11.1 Å². The normalized spacial score (nSPS) is 28.1. The Labute approximate surface area is 85.5 Å². The minimum atomic E-state index is 0.426. The summed E-state index contributed by atoms with van der Waals surface area (Å²) >= 11 is 0. The maximum absolute atomic E-state index is 5.74. The van der Waals surface area contributed by atoms with Crippen LogP contribution in [0.1, 0.15) is 31.4 Å². The zero-order valence-electron chi connectivity index (χ0n) is 8.61. The van der Waals surface area contributed by atoms with Gasteiger partial charge in [-0.25, -0.2) is 0 Å². The molecule has 76 valence electrons. The topological polar surface area (TPSA) is 38.0 Å². The Kier molecular flexibility index (Phi) is 2.85. The second-order valence-electron chi connectivity index (χ2n) is 4.23. The van der Waals surface area contributed by atoms with Crippen molar-refractivity contribution in [1.29, 1.82) is 0 Å². The van der Waals surface area contributed by atoms with Gasteiger partial charge in [0.25, 0.3) is 0 Å². The lowest BCUT2D eigenvalue weighted by Gasteiger charge is -2.35. The van der Waals surface area contributed by atoms with Crippen molar-refractivity contribution in [2.45, 2.75) is 37.9 Å². The van der Waals surface area contributed by atoms with Gasteiger partial charge >= 0.3 is 0 Å². The van der Waals surface area contributed by atoms with E-state index in [0.717, 1.165) is 12.8 Å². The Bertz CT molecular complexity index is 278. The Morgan fingerprint density at radius 1 is 1.29 bits per heavy atom. The van der Waals surface area contributed by atoms with Gasteiger partial charge in [0.05, 0.1) is 0 Å². The van der Waals surface area contributed by atoms with Crippen molar-refractivity contribution < 1.29 is 0 Å². The first-order chi connectivity index (χ1) is 6.75. The summed E-state index contributed by atoms with van der Waals surface area (Å²) in [5.41, 5.74) is 7.10. The van der Waals surface area contributed by atoms with Gasteiger partial charge in [-0.05, 0) is 25.3 Å². The number of rotatable bonds is 3. The van der Waals surface area contributed by atoms with Crippen LogP contribution in [-0.4, -0.2) is 12.1 Å². The van der Waals surface area contributed by atoms with E-state index in [-0.39, 0.29) is 0 Å². The lowest BCUT2D eigenvalue weighted by Crippen LogP contribution is -2.48. The number of hydrogen-bond acceptors (Lipinski definition) is 2. The quantitative estimate of drug-likeness (QED) is 0.763. The van der Waals surface area contributed by atoms with Gasteiger partial charge in [0, 0.05) is 18.1 Å². The van der Waals surface area contributed by atoms with Crippen molar-refractivity contribution >= 4 is 0 Å². The standard InChI is InChI=1S/C12H18N2/c1-9(10-5-3-2-4-6-10)14-12-7-11(13)8-12/h2-6,9,11-12,14H,7-8,13H2,1H3. The monoisotopic (exact) mass is 190 g/mol. The zero-order chi connectivity index (χ0) is 9.97. The molecule has 1 saturated carbocycles. The molecular weight excluding hydrogens is 172 g/mol. The highest BCUT2D eigenvalue weighted by molar-refractivity contribution is 5.18. The summed E-state index contributed by atoms with van der Waals surface area (Å²) in [7, 11) is 0. The van der Waals surface area contributed by atoms with Gasteiger partial charge in [0.2, 0.25) is 0 Å². The molecule has 1 unspecified atom stereocenters.